The van der Waals surface area contributed by atoms with E-state index in [1.54, 1.807) is 11.3 Å². The van der Waals surface area contributed by atoms with Gasteiger partial charge in [-0.15, -0.1) is 11.3 Å². The molecular formula is C38H25FN4S. The van der Waals surface area contributed by atoms with Gasteiger partial charge in [-0.25, -0.2) is 14.4 Å². The molecule has 210 valence electrons. The molecule has 9 aromatic rings. The molecule has 0 aliphatic carbocycles. The molecule has 0 fully saturated rings. The minimum atomic E-state index is -1.31. The second kappa shape index (κ2) is 9.59. The first kappa shape index (κ1) is 25.2. The second-order valence-electron chi connectivity index (χ2n) is 11.2. The Morgan fingerprint density at radius 2 is 1.48 bits per heavy atom. The average Bonchev–Trinajstić information content (AvgIpc) is 3.74. The number of fused-ring (bicyclic) bond motifs is 8. The number of thiophene rings is 1. The zero-order valence-electron chi connectivity index (χ0n) is 23.8. The van der Waals surface area contributed by atoms with Gasteiger partial charge in [0, 0.05) is 45.1 Å². The zero-order valence-corrected chi connectivity index (χ0v) is 24.6. The van der Waals surface area contributed by atoms with Crippen molar-refractivity contribution in [3.05, 3.63) is 139 Å². The van der Waals surface area contributed by atoms with Crippen LogP contribution in [0.4, 0.5) is 4.39 Å². The van der Waals surface area contributed by atoms with E-state index in [1.807, 2.05) is 86.0 Å². The van der Waals surface area contributed by atoms with Gasteiger partial charge < -0.3 is 4.57 Å². The maximum Gasteiger partial charge on any atom is 0.150 e. The fourth-order valence-corrected chi connectivity index (χ4v) is 7.85. The van der Waals surface area contributed by atoms with E-state index in [2.05, 4.69) is 57.7 Å². The van der Waals surface area contributed by atoms with E-state index >= 15 is 4.39 Å². The standard InChI is InChI=1S/C38H25FN4S/c1-42-31-13-4-3-12-30(31)41-38(42)25-10-8-9-23(21-25)35(39)24-16-17-26-28-18-19-29-27-11-2-5-14-33(27)44-37(29)36(28)43(32(26)22-24)34-15-6-7-20-40-34/h2-22,35H,1H3. The predicted octanol–water partition coefficient (Wildman–Crippen LogP) is 10.2. The summed E-state index contributed by atoms with van der Waals surface area (Å²) in [4.78, 5) is 9.59. The molecule has 0 saturated heterocycles. The van der Waals surface area contributed by atoms with Crippen molar-refractivity contribution in [1.82, 2.24) is 19.1 Å². The maximum absolute atomic E-state index is 16.5. The normalized spacial score (nSPS) is 12.7. The monoisotopic (exact) mass is 588 g/mol. The van der Waals surface area contributed by atoms with E-state index in [4.69, 9.17) is 9.97 Å². The molecule has 4 heterocycles. The topological polar surface area (TPSA) is 35.6 Å². The fraction of sp³-hybridized carbons (Fsp3) is 0.0526. The van der Waals surface area contributed by atoms with Crippen molar-refractivity contribution in [2.45, 2.75) is 6.17 Å². The highest BCUT2D eigenvalue weighted by atomic mass is 32.1. The molecule has 5 aromatic carbocycles. The van der Waals surface area contributed by atoms with Crippen LogP contribution in [0.5, 0.6) is 0 Å². The number of nitrogens with zero attached hydrogens (tertiary/aromatic N) is 4. The number of aromatic nitrogens is 4. The largest absolute Gasteiger partial charge is 0.327 e. The van der Waals surface area contributed by atoms with Gasteiger partial charge in [0.05, 0.1) is 26.8 Å². The third-order valence-electron chi connectivity index (χ3n) is 8.69. The van der Waals surface area contributed by atoms with Crippen LogP contribution in [0, 0.1) is 0 Å². The lowest BCUT2D eigenvalue weighted by molar-refractivity contribution is 0.402. The molecule has 44 heavy (non-hydrogen) atoms. The van der Waals surface area contributed by atoms with Crippen LogP contribution in [0.3, 0.4) is 0 Å². The Kier molecular flexibility index (Phi) is 5.49. The molecule has 9 rings (SSSR count). The summed E-state index contributed by atoms with van der Waals surface area (Å²) in [6.45, 7) is 0. The van der Waals surface area contributed by atoms with Crippen LogP contribution >= 0.6 is 11.3 Å². The molecule has 0 spiro atoms. The van der Waals surface area contributed by atoms with Gasteiger partial charge in [-0.05, 0) is 53.6 Å². The van der Waals surface area contributed by atoms with E-state index in [9.17, 15) is 0 Å². The number of para-hydroxylation sites is 2. The summed E-state index contributed by atoms with van der Waals surface area (Å²) in [6, 6.07) is 40.6. The van der Waals surface area contributed by atoms with Crippen LogP contribution in [0.1, 0.15) is 17.3 Å². The minimum Gasteiger partial charge on any atom is -0.327 e. The number of halogens is 1. The Balaban J connectivity index is 1.24. The highest BCUT2D eigenvalue weighted by Crippen LogP contribution is 2.43. The van der Waals surface area contributed by atoms with Crippen molar-refractivity contribution < 1.29 is 4.39 Å². The summed E-state index contributed by atoms with van der Waals surface area (Å²) < 4.78 is 23.2. The van der Waals surface area contributed by atoms with Crippen LogP contribution in [0.15, 0.2) is 128 Å². The average molecular weight is 589 g/mol. The smallest absolute Gasteiger partial charge is 0.150 e. The van der Waals surface area contributed by atoms with Crippen LogP contribution in [-0.2, 0) is 7.05 Å². The van der Waals surface area contributed by atoms with E-state index < -0.39 is 6.17 Å². The Labute approximate surface area is 256 Å². The number of rotatable bonds is 4. The number of aryl methyl sites for hydroxylation is 1. The van der Waals surface area contributed by atoms with Crippen LogP contribution in [-0.4, -0.2) is 19.1 Å². The summed E-state index contributed by atoms with van der Waals surface area (Å²) in [7, 11) is 2.00. The highest BCUT2D eigenvalue weighted by Gasteiger charge is 2.21. The van der Waals surface area contributed by atoms with E-state index in [0.717, 1.165) is 50.0 Å². The molecule has 4 nitrogen and oxygen atoms in total. The summed E-state index contributed by atoms with van der Waals surface area (Å²) >= 11 is 1.79. The Hall–Kier alpha value is -5.33. The fourth-order valence-electron chi connectivity index (χ4n) is 6.61. The molecule has 0 aliphatic rings. The molecule has 4 aromatic heterocycles. The van der Waals surface area contributed by atoms with Crippen molar-refractivity contribution >= 4 is 64.3 Å². The Bertz CT molecular complexity index is 2540. The molecule has 6 heteroatoms. The first-order chi connectivity index (χ1) is 21.7. The summed E-state index contributed by atoms with van der Waals surface area (Å²) in [5.74, 6) is 1.63. The molecule has 0 radical (unpaired) electrons. The number of hydrogen-bond donors (Lipinski definition) is 0. The van der Waals surface area contributed by atoms with Gasteiger partial charge in [0.15, 0.2) is 6.17 Å². The molecule has 0 saturated carbocycles. The molecular weight excluding hydrogens is 564 g/mol. The first-order valence-electron chi connectivity index (χ1n) is 14.6. The van der Waals surface area contributed by atoms with E-state index in [0.29, 0.717) is 11.1 Å². The minimum absolute atomic E-state index is 0.598. The lowest BCUT2D eigenvalue weighted by Gasteiger charge is -2.12. The van der Waals surface area contributed by atoms with Gasteiger partial charge in [0.1, 0.15) is 11.6 Å². The Morgan fingerprint density at radius 3 is 2.36 bits per heavy atom. The van der Waals surface area contributed by atoms with Gasteiger partial charge >= 0.3 is 0 Å². The highest BCUT2D eigenvalue weighted by molar-refractivity contribution is 7.26. The predicted molar refractivity (Wildman–Crippen MR) is 181 cm³/mol. The number of hydrogen-bond acceptors (Lipinski definition) is 3. The van der Waals surface area contributed by atoms with Crippen molar-refractivity contribution in [3.63, 3.8) is 0 Å². The maximum atomic E-state index is 16.5. The van der Waals surface area contributed by atoms with Crippen molar-refractivity contribution in [2.24, 2.45) is 7.05 Å². The molecule has 0 aliphatic heterocycles. The van der Waals surface area contributed by atoms with Gasteiger partial charge in [0.25, 0.3) is 0 Å². The van der Waals surface area contributed by atoms with Crippen LogP contribution < -0.4 is 0 Å². The van der Waals surface area contributed by atoms with Gasteiger partial charge in [-0.1, -0.05) is 78.9 Å². The quantitative estimate of drug-likeness (QED) is 0.205. The number of benzene rings is 5. The molecule has 0 bridgehead atoms. The molecule has 1 atom stereocenters. The van der Waals surface area contributed by atoms with Crippen molar-refractivity contribution in [1.29, 1.82) is 0 Å². The first-order valence-corrected chi connectivity index (χ1v) is 15.4. The van der Waals surface area contributed by atoms with Crippen molar-refractivity contribution in [2.75, 3.05) is 0 Å². The van der Waals surface area contributed by atoms with Crippen LogP contribution in [0.25, 0.3) is 70.2 Å². The van der Waals surface area contributed by atoms with Crippen molar-refractivity contribution in [3.8, 4) is 17.2 Å². The Morgan fingerprint density at radius 1 is 0.682 bits per heavy atom. The van der Waals surface area contributed by atoms with Gasteiger partial charge in [0.2, 0.25) is 0 Å². The third-order valence-corrected chi connectivity index (χ3v) is 9.89. The van der Waals surface area contributed by atoms with E-state index in [-0.39, 0.29) is 0 Å². The second-order valence-corrected chi connectivity index (χ2v) is 12.3. The summed E-state index contributed by atoms with van der Waals surface area (Å²) in [5, 5.41) is 4.68. The van der Waals surface area contributed by atoms with E-state index in [1.165, 1.54) is 20.2 Å². The summed E-state index contributed by atoms with van der Waals surface area (Å²) in [6.07, 6.45) is 0.500. The molecule has 1 unspecified atom stereocenters. The number of pyridine rings is 1. The SMILES string of the molecule is Cn1c(-c2cccc(C(F)c3ccc4c5ccc6c7ccccc7sc6c5n(-c5ccccn5)c4c3)c2)nc2ccccc21. The molecule has 0 N–H and O–H groups in total. The molecule has 0 amide bonds. The number of alkyl halides is 1. The van der Waals surface area contributed by atoms with Crippen LogP contribution in [0.2, 0.25) is 0 Å². The lowest BCUT2D eigenvalue weighted by atomic mass is 9.99. The lowest BCUT2D eigenvalue weighted by Crippen LogP contribution is -1.99. The summed E-state index contributed by atoms with van der Waals surface area (Å²) in [5.41, 5.74) is 6.11. The zero-order chi connectivity index (χ0) is 29.4. The van der Waals surface area contributed by atoms with Gasteiger partial charge in [-0.3, -0.25) is 4.57 Å². The number of imidazole rings is 1. The third kappa shape index (κ3) is 3.68. The van der Waals surface area contributed by atoms with Gasteiger partial charge in [-0.2, -0.15) is 0 Å².